The van der Waals surface area contributed by atoms with Crippen molar-refractivity contribution >= 4 is 17.3 Å². The van der Waals surface area contributed by atoms with E-state index >= 15 is 0 Å². The molecule has 0 aromatic heterocycles. The second-order valence-electron chi connectivity index (χ2n) is 4.62. The summed E-state index contributed by atoms with van der Waals surface area (Å²) in [5, 5.41) is 3.18. The second kappa shape index (κ2) is 6.65. The number of benzene rings is 2. The number of primary amides is 1. The third-order valence-corrected chi connectivity index (χ3v) is 3.25. The Morgan fingerprint density at radius 2 is 1.95 bits per heavy atom. The van der Waals surface area contributed by atoms with Crippen LogP contribution in [0.1, 0.15) is 15.9 Å². The van der Waals surface area contributed by atoms with E-state index in [-0.39, 0.29) is 0 Å². The normalized spacial score (nSPS) is 10.1. The summed E-state index contributed by atoms with van der Waals surface area (Å²) in [6.45, 7) is 0.620. The number of carbonyl (C=O) groups excluding carboxylic acids is 1. The van der Waals surface area contributed by atoms with Crippen molar-refractivity contribution in [3.8, 4) is 5.75 Å². The summed E-state index contributed by atoms with van der Waals surface area (Å²) in [5.41, 5.74) is 13.8. The Bertz CT molecular complexity index is 641. The highest BCUT2D eigenvalue weighted by atomic mass is 16.5. The number of ether oxygens (including phenoxy) is 1. The van der Waals surface area contributed by atoms with Gasteiger partial charge >= 0.3 is 0 Å². The highest BCUT2D eigenvalue weighted by Crippen LogP contribution is 2.24. The fourth-order valence-electron chi connectivity index (χ4n) is 2.20. The Morgan fingerprint density at radius 3 is 2.67 bits per heavy atom. The van der Waals surface area contributed by atoms with E-state index in [2.05, 4.69) is 5.32 Å². The van der Waals surface area contributed by atoms with Gasteiger partial charge in [0.15, 0.2) is 0 Å². The van der Waals surface area contributed by atoms with E-state index in [0.29, 0.717) is 23.5 Å². The molecule has 2 aromatic rings. The van der Waals surface area contributed by atoms with Crippen molar-refractivity contribution in [2.75, 3.05) is 24.7 Å². The summed E-state index contributed by atoms with van der Waals surface area (Å²) in [6, 6.07) is 12.9. The second-order valence-corrected chi connectivity index (χ2v) is 4.62. The van der Waals surface area contributed by atoms with Gasteiger partial charge in [-0.2, -0.15) is 0 Å². The number of hydrogen-bond acceptors (Lipinski definition) is 4. The van der Waals surface area contributed by atoms with Crippen molar-refractivity contribution in [3.05, 3.63) is 53.6 Å². The Kier molecular flexibility index (Phi) is 4.66. The van der Waals surface area contributed by atoms with Gasteiger partial charge in [0.1, 0.15) is 5.75 Å². The molecule has 0 fully saturated rings. The number of nitrogen functional groups attached to an aromatic ring is 1. The lowest BCUT2D eigenvalue weighted by atomic mass is 10.1. The Labute approximate surface area is 123 Å². The predicted octanol–water partition coefficient (Wildman–Crippen LogP) is 2.03. The molecule has 0 atom stereocenters. The number of carbonyl (C=O) groups is 1. The van der Waals surface area contributed by atoms with Gasteiger partial charge in [-0.25, -0.2) is 0 Å². The SMILES string of the molecule is COc1ccccc1CCNc1c(N)cccc1C(N)=O. The topological polar surface area (TPSA) is 90.4 Å². The quantitative estimate of drug-likeness (QED) is 0.708. The van der Waals surface area contributed by atoms with Crippen LogP contribution in [0.3, 0.4) is 0 Å². The number of methoxy groups -OCH3 is 1. The first-order valence-electron chi connectivity index (χ1n) is 6.67. The van der Waals surface area contributed by atoms with Crippen LogP contribution < -0.4 is 21.5 Å². The van der Waals surface area contributed by atoms with Crippen molar-refractivity contribution < 1.29 is 9.53 Å². The van der Waals surface area contributed by atoms with Crippen LogP contribution in [-0.2, 0) is 6.42 Å². The lowest BCUT2D eigenvalue weighted by molar-refractivity contribution is 0.100. The largest absolute Gasteiger partial charge is 0.496 e. The number of hydrogen-bond donors (Lipinski definition) is 3. The molecule has 0 heterocycles. The van der Waals surface area contributed by atoms with Crippen LogP contribution in [0.2, 0.25) is 0 Å². The molecule has 0 aliphatic rings. The zero-order chi connectivity index (χ0) is 15.2. The number of nitrogens with two attached hydrogens (primary N) is 2. The molecule has 5 nitrogen and oxygen atoms in total. The number of para-hydroxylation sites is 2. The summed E-state index contributed by atoms with van der Waals surface area (Å²) >= 11 is 0. The minimum Gasteiger partial charge on any atom is -0.496 e. The Hall–Kier alpha value is -2.69. The molecule has 0 saturated carbocycles. The van der Waals surface area contributed by atoms with Crippen LogP contribution in [0, 0.1) is 0 Å². The summed E-state index contributed by atoms with van der Waals surface area (Å²) in [4.78, 5) is 11.4. The van der Waals surface area contributed by atoms with Crippen molar-refractivity contribution in [1.29, 1.82) is 0 Å². The van der Waals surface area contributed by atoms with E-state index in [9.17, 15) is 4.79 Å². The van der Waals surface area contributed by atoms with E-state index in [1.807, 2.05) is 24.3 Å². The summed E-state index contributed by atoms with van der Waals surface area (Å²) in [6.07, 6.45) is 0.747. The van der Waals surface area contributed by atoms with Gasteiger partial charge in [0, 0.05) is 6.54 Å². The minimum absolute atomic E-state index is 0.398. The molecule has 0 radical (unpaired) electrons. The van der Waals surface area contributed by atoms with Crippen molar-refractivity contribution in [1.82, 2.24) is 0 Å². The molecule has 2 rings (SSSR count). The maximum absolute atomic E-state index is 11.4. The average molecular weight is 285 g/mol. The van der Waals surface area contributed by atoms with Crippen LogP contribution in [0.15, 0.2) is 42.5 Å². The monoisotopic (exact) mass is 285 g/mol. The lowest BCUT2D eigenvalue weighted by Gasteiger charge is -2.13. The fourth-order valence-corrected chi connectivity index (χ4v) is 2.20. The molecule has 0 spiro atoms. The van der Waals surface area contributed by atoms with E-state index in [0.717, 1.165) is 17.7 Å². The molecule has 21 heavy (non-hydrogen) atoms. The molecule has 0 aliphatic carbocycles. The molecule has 1 amide bonds. The molecular formula is C16H19N3O2. The third kappa shape index (κ3) is 3.45. The molecule has 0 unspecified atom stereocenters. The third-order valence-electron chi connectivity index (χ3n) is 3.25. The van der Waals surface area contributed by atoms with Crippen LogP contribution >= 0.6 is 0 Å². The molecule has 0 bridgehead atoms. The maximum Gasteiger partial charge on any atom is 0.250 e. The van der Waals surface area contributed by atoms with Crippen LogP contribution in [0.4, 0.5) is 11.4 Å². The summed E-state index contributed by atoms with van der Waals surface area (Å²) in [5.74, 6) is 0.345. The first-order chi connectivity index (χ1) is 10.1. The molecule has 110 valence electrons. The van der Waals surface area contributed by atoms with Gasteiger partial charge in [-0.05, 0) is 30.2 Å². The first-order valence-corrected chi connectivity index (χ1v) is 6.67. The zero-order valence-corrected chi connectivity index (χ0v) is 11.9. The van der Waals surface area contributed by atoms with Crippen molar-refractivity contribution in [2.24, 2.45) is 5.73 Å². The van der Waals surface area contributed by atoms with Gasteiger partial charge in [-0.1, -0.05) is 24.3 Å². The Balaban J connectivity index is 2.09. The van der Waals surface area contributed by atoms with Gasteiger partial charge in [-0.15, -0.1) is 0 Å². The maximum atomic E-state index is 11.4. The van der Waals surface area contributed by atoms with Crippen LogP contribution in [-0.4, -0.2) is 19.6 Å². The number of amides is 1. The van der Waals surface area contributed by atoms with E-state index in [4.69, 9.17) is 16.2 Å². The molecular weight excluding hydrogens is 266 g/mol. The number of nitrogens with one attached hydrogen (secondary N) is 1. The number of rotatable bonds is 6. The summed E-state index contributed by atoms with van der Waals surface area (Å²) in [7, 11) is 1.65. The standard InChI is InChI=1S/C16H19N3O2/c1-21-14-8-3-2-5-11(14)9-10-19-15-12(16(18)20)6-4-7-13(15)17/h2-8,19H,9-10,17H2,1H3,(H2,18,20). The summed E-state index contributed by atoms with van der Waals surface area (Å²) < 4.78 is 5.31. The predicted molar refractivity (Wildman–Crippen MR) is 84.6 cm³/mol. The van der Waals surface area contributed by atoms with Crippen molar-refractivity contribution in [2.45, 2.75) is 6.42 Å². The fraction of sp³-hybridized carbons (Fsp3) is 0.188. The van der Waals surface area contributed by atoms with Gasteiger partial charge in [0.2, 0.25) is 0 Å². The minimum atomic E-state index is -0.498. The molecule has 0 aliphatic heterocycles. The molecule has 2 aromatic carbocycles. The lowest BCUT2D eigenvalue weighted by Crippen LogP contribution is -2.17. The van der Waals surface area contributed by atoms with Gasteiger partial charge in [-0.3, -0.25) is 4.79 Å². The first kappa shape index (κ1) is 14.7. The highest BCUT2D eigenvalue weighted by Gasteiger charge is 2.10. The van der Waals surface area contributed by atoms with E-state index in [1.54, 1.807) is 25.3 Å². The van der Waals surface area contributed by atoms with E-state index < -0.39 is 5.91 Å². The molecule has 5 N–H and O–H groups in total. The number of anilines is 2. The smallest absolute Gasteiger partial charge is 0.250 e. The van der Waals surface area contributed by atoms with Crippen molar-refractivity contribution in [3.63, 3.8) is 0 Å². The zero-order valence-electron chi connectivity index (χ0n) is 11.9. The molecule has 5 heteroatoms. The van der Waals surface area contributed by atoms with Crippen LogP contribution in [0.25, 0.3) is 0 Å². The van der Waals surface area contributed by atoms with Gasteiger partial charge in [0.25, 0.3) is 5.91 Å². The van der Waals surface area contributed by atoms with E-state index in [1.165, 1.54) is 0 Å². The Morgan fingerprint density at radius 1 is 1.19 bits per heavy atom. The van der Waals surface area contributed by atoms with Crippen LogP contribution in [0.5, 0.6) is 5.75 Å². The molecule has 0 saturated heterocycles. The van der Waals surface area contributed by atoms with Gasteiger partial charge < -0.3 is 21.5 Å². The highest BCUT2D eigenvalue weighted by molar-refractivity contribution is 6.01. The van der Waals surface area contributed by atoms with Gasteiger partial charge in [0.05, 0.1) is 24.0 Å². The average Bonchev–Trinajstić information content (AvgIpc) is 2.49.